The number of aldehydes is 1. The van der Waals surface area contributed by atoms with Crippen molar-refractivity contribution in [3.05, 3.63) is 54.1 Å². The van der Waals surface area contributed by atoms with Crippen LogP contribution in [0.1, 0.15) is 10.4 Å². The first-order chi connectivity index (χ1) is 10.2. The summed E-state index contributed by atoms with van der Waals surface area (Å²) in [5.74, 6) is 0. The fourth-order valence-corrected chi connectivity index (χ4v) is 3.30. The molecule has 0 aliphatic carbocycles. The molecule has 0 amide bonds. The van der Waals surface area contributed by atoms with Gasteiger partial charge in [0.2, 0.25) is 0 Å². The van der Waals surface area contributed by atoms with Crippen molar-refractivity contribution in [1.82, 2.24) is 0 Å². The number of carbonyl (C=O) groups is 1. The van der Waals surface area contributed by atoms with Gasteiger partial charge in [0.05, 0.1) is 0 Å². The second kappa shape index (κ2) is 4.19. The Morgan fingerprint density at radius 3 is 2.00 bits per heavy atom. The van der Waals surface area contributed by atoms with Gasteiger partial charge in [0.15, 0.2) is 6.29 Å². The largest absolute Gasteiger partial charge is 0.377 e. The van der Waals surface area contributed by atoms with Gasteiger partial charge < -0.3 is 4.90 Å². The van der Waals surface area contributed by atoms with Crippen molar-refractivity contribution in [1.29, 1.82) is 0 Å². The van der Waals surface area contributed by atoms with E-state index in [9.17, 15) is 4.79 Å². The molecular weight excluding hydrogens is 258 g/mol. The second-order valence-electron chi connectivity index (χ2n) is 5.67. The summed E-state index contributed by atoms with van der Waals surface area (Å²) in [6.45, 7) is 0. The fourth-order valence-electron chi connectivity index (χ4n) is 3.30. The zero-order valence-corrected chi connectivity index (χ0v) is 12.1. The summed E-state index contributed by atoms with van der Waals surface area (Å²) in [5, 5.41) is 7.12. The predicted molar refractivity (Wildman–Crippen MR) is 89.9 cm³/mol. The van der Waals surface area contributed by atoms with Crippen molar-refractivity contribution in [2.75, 3.05) is 19.0 Å². The highest BCUT2D eigenvalue weighted by Crippen LogP contribution is 2.39. The Kier molecular flexibility index (Phi) is 2.43. The van der Waals surface area contributed by atoms with E-state index in [2.05, 4.69) is 55.4 Å². The minimum Gasteiger partial charge on any atom is -0.377 e. The molecular formula is C19H15NO. The topological polar surface area (TPSA) is 20.3 Å². The third-order valence-electron chi connectivity index (χ3n) is 4.28. The molecule has 21 heavy (non-hydrogen) atoms. The van der Waals surface area contributed by atoms with E-state index in [0.717, 1.165) is 17.2 Å². The van der Waals surface area contributed by atoms with Crippen molar-refractivity contribution in [2.24, 2.45) is 0 Å². The summed E-state index contributed by atoms with van der Waals surface area (Å²) in [6, 6.07) is 16.7. The molecule has 2 heteroatoms. The number of carbonyl (C=O) groups excluding carboxylic acids is 1. The lowest BCUT2D eigenvalue weighted by Gasteiger charge is -2.19. The highest BCUT2D eigenvalue weighted by molar-refractivity contribution is 6.27. The third-order valence-corrected chi connectivity index (χ3v) is 4.28. The molecule has 4 rings (SSSR count). The molecule has 0 bridgehead atoms. The Balaban J connectivity index is 2.33. The molecule has 0 heterocycles. The van der Waals surface area contributed by atoms with Crippen molar-refractivity contribution in [3.8, 4) is 0 Å². The van der Waals surface area contributed by atoms with E-state index in [1.165, 1.54) is 32.6 Å². The van der Waals surface area contributed by atoms with E-state index < -0.39 is 0 Å². The highest BCUT2D eigenvalue weighted by atomic mass is 16.1. The molecule has 0 radical (unpaired) electrons. The Hall–Kier alpha value is -2.61. The zero-order chi connectivity index (χ0) is 14.6. The van der Waals surface area contributed by atoms with Crippen molar-refractivity contribution < 1.29 is 4.79 Å². The summed E-state index contributed by atoms with van der Waals surface area (Å²) in [5.41, 5.74) is 1.96. The van der Waals surface area contributed by atoms with E-state index in [1.54, 1.807) is 0 Å². The number of hydrogen-bond acceptors (Lipinski definition) is 2. The SMILES string of the molecule is CN(C)c1ccc2ccc3c(C=O)ccc4ccc1c2c43. The molecule has 4 aromatic rings. The first-order valence-corrected chi connectivity index (χ1v) is 7.04. The minimum absolute atomic E-state index is 0.757. The number of benzene rings is 4. The van der Waals surface area contributed by atoms with Gasteiger partial charge in [-0.15, -0.1) is 0 Å². The normalized spacial score (nSPS) is 11.5. The Morgan fingerprint density at radius 2 is 1.33 bits per heavy atom. The lowest BCUT2D eigenvalue weighted by molar-refractivity contribution is 0.112. The molecule has 4 aromatic carbocycles. The standard InChI is InChI=1S/C19H15NO/c1-20(2)17-10-7-13-5-8-15-14(11-21)4-3-12-6-9-16(17)19(13)18(12)15/h3-11H,1-2H3. The fraction of sp³-hybridized carbons (Fsp3) is 0.105. The Morgan fingerprint density at radius 1 is 0.762 bits per heavy atom. The summed E-state index contributed by atoms with van der Waals surface area (Å²) in [4.78, 5) is 13.5. The van der Waals surface area contributed by atoms with Gasteiger partial charge in [-0.3, -0.25) is 4.79 Å². The van der Waals surface area contributed by atoms with Gasteiger partial charge in [-0.2, -0.15) is 0 Å². The number of rotatable bonds is 2. The molecule has 0 aliphatic heterocycles. The van der Waals surface area contributed by atoms with Crippen LogP contribution in [-0.2, 0) is 0 Å². The molecule has 0 spiro atoms. The van der Waals surface area contributed by atoms with Crippen LogP contribution in [0.4, 0.5) is 5.69 Å². The molecule has 0 aliphatic rings. The monoisotopic (exact) mass is 273 g/mol. The Bertz CT molecular complexity index is 985. The van der Waals surface area contributed by atoms with Gasteiger partial charge in [-0.1, -0.05) is 42.5 Å². The van der Waals surface area contributed by atoms with Crippen LogP contribution in [0.25, 0.3) is 32.3 Å². The van der Waals surface area contributed by atoms with Gasteiger partial charge in [0.1, 0.15) is 0 Å². The van der Waals surface area contributed by atoms with Gasteiger partial charge >= 0.3 is 0 Å². The molecule has 0 atom stereocenters. The molecule has 0 N–H and O–H groups in total. The number of hydrogen-bond donors (Lipinski definition) is 0. The van der Waals surface area contributed by atoms with Crippen LogP contribution in [0.2, 0.25) is 0 Å². The van der Waals surface area contributed by atoms with Crippen molar-refractivity contribution in [3.63, 3.8) is 0 Å². The second-order valence-corrected chi connectivity index (χ2v) is 5.67. The van der Waals surface area contributed by atoms with Crippen LogP contribution in [0.3, 0.4) is 0 Å². The molecule has 0 unspecified atom stereocenters. The maximum Gasteiger partial charge on any atom is 0.150 e. The van der Waals surface area contributed by atoms with Crippen LogP contribution < -0.4 is 4.90 Å². The van der Waals surface area contributed by atoms with E-state index in [1.807, 2.05) is 12.1 Å². The van der Waals surface area contributed by atoms with Gasteiger partial charge in [0, 0.05) is 30.7 Å². The summed E-state index contributed by atoms with van der Waals surface area (Å²) in [7, 11) is 4.12. The molecule has 0 fully saturated rings. The molecule has 0 saturated carbocycles. The minimum atomic E-state index is 0.757. The molecule has 2 nitrogen and oxygen atoms in total. The third kappa shape index (κ3) is 1.56. The van der Waals surface area contributed by atoms with Crippen LogP contribution in [0.5, 0.6) is 0 Å². The predicted octanol–water partition coefficient (Wildman–Crippen LogP) is 4.46. The average molecular weight is 273 g/mol. The lowest BCUT2D eigenvalue weighted by atomic mass is 9.91. The van der Waals surface area contributed by atoms with Gasteiger partial charge in [-0.25, -0.2) is 0 Å². The van der Waals surface area contributed by atoms with Gasteiger partial charge in [-0.05, 0) is 33.0 Å². The van der Waals surface area contributed by atoms with E-state index in [0.29, 0.717) is 0 Å². The van der Waals surface area contributed by atoms with Crippen LogP contribution in [-0.4, -0.2) is 20.4 Å². The van der Waals surface area contributed by atoms with E-state index in [-0.39, 0.29) is 0 Å². The maximum atomic E-state index is 11.3. The molecule has 0 saturated heterocycles. The summed E-state index contributed by atoms with van der Waals surface area (Å²) >= 11 is 0. The number of anilines is 1. The molecule has 102 valence electrons. The smallest absolute Gasteiger partial charge is 0.150 e. The first-order valence-electron chi connectivity index (χ1n) is 7.04. The Labute approximate surface area is 122 Å². The van der Waals surface area contributed by atoms with Crippen LogP contribution in [0, 0.1) is 0 Å². The molecule has 0 aromatic heterocycles. The first kappa shape index (κ1) is 12.2. The average Bonchev–Trinajstić information content (AvgIpc) is 2.51. The van der Waals surface area contributed by atoms with Gasteiger partial charge in [0.25, 0.3) is 0 Å². The quantitative estimate of drug-likeness (QED) is 0.397. The van der Waals surface area contributed by atoms with E-state index in [4.69, 9.17) is 0 Å². The van der Waals surface area contributed by atoms with Crippen LogP contribution in [0.15, 0.2) is 48.5 Å². The lowest BCUT2D eigenvalue weighted by Crippen LogP contribution is -2.09. The van der Waals surface area contributed by atoms with Crippen LogP contribution >= 0.6 is 0 Å². The van der Waals surface area contributed by atoms with Crippen molar-refractivity contribution in [2.45, 2.75) is 0 Å². The summed E-state index contributed by atoms with van der Waals surface area (Å²) < 4.78 is 0. The summed E-state index contributed by atoms with van der Waals surface area (Å²) in [6.07, 6.45) is 0.943. The van der Waals surface area contributed by atoms with E-state index >= 15 is 0 Å². The highest BCUT2D eigenvalue weighted by Gasteiger charge is 2.13. The van der Waals surface area contributed by atoms with Crippen molar-refractivity contribution >= 4 is 44.3 Å². The maximum absolute atomic E-state index is 11.3. The number of nitrogens with zero attached hydrogens (tertiary/aromatic N) is 1. The zero-order valence-electron chi connectivity index (χ0n) is 12.1.